The van der Waals surface area contributed by atoms with E-state index in [4.69, 9.17) is 11.6 Å². The Balaban J connectivity index is 2.02. The van der Waals surface area contributed by atoms with Gasteiger partial charge in [0, 0.05) is 17.8 Å². The number of rotatable bonds is 4. The molecule has 1 atom stereocenters. The Labute approximate surface area is 110 Å². The van der Waals surface area contributed by atoms with E-state index in [1.54, 1.807) is 17.5 Å². The quantitative estimate of drug-likeness (QED) is 0.861. The summed E-state index contributed by atoms with van der Waals surface area (Å²) in [4.78, 5) is 8.13. The number of anilines is 1. The van der Waals surface area contributed by atoms with Gasteiger partial charge in [0.2, 0.25) is 5.28 Å². The lowest BCUT2D eigenvalue weighted by Gasteiger charge is -2.15. The standard InChI is InChI=1S/C12H14ClN3S/c1-8-6-14-12(13)16-11(8)15-9(2)5-10-3-4-17-7-10/h3-4,6-7,9H,5H2,1-2H3,(H,14,15,16). The highest BCUT2D eigenvalue weighted by atomic mass is 35.5. The number of aryl methyl sites for hydroxylation is 1. The molecule has 2 rings (SSSR count). The van der Waals surface area contributed by atoms with Gasteiger partial charge in [0.05, 0.1) is 0 Å². The van der Waals surface area contributed by atoms with Crippen molar-refractivity contribution >= 4 is 28.8 Å². The average Bonchev–Trinajstić information content (AvgIpc) is 2.76. The molecule has 0 aliphatic heterocycles. The van der Waals surface area contributed by atoms with Gasteiger partial charge in [-0.15, -0.1) is 0 Å². The minimum Gasteiger partial charge on any atom is -0.367 e. The lowest BCUT2D eigenvalue weighted by Crippen LogP contribution is -2.19. The lowest BCUT2D eigenvalue weighted by atomic mass is 10.1. The number of nitrogens with zero attached hydrogens (tertiary/aromatic N) is 2. The van der Waals surface area contributed by atoms with E-state index in [9.17, 15) is 0 Å². The second kappa shape index (κ2) is 5.47. The summed E-state index contributed by atoms with van der Waals surface area (Å²) >= 11 is 7.50. The Morgan fingerprint density at radius 3 is 3.06 bits per heavy atom. The number of halogens is 1. The van der Waals surface area contributed by atoms with Crippen LogP contribution in [0.2, 0.25) is 5.28 Å². The normalized spacial score (nSPS) is 12.4. The molecule has 5 heteroatoms. The predicted octanol–water partition coefficient (Wildman–Crippen LogP) is 3.54. The molecule has 0 aromatic carbocycles. The molecule has 2 aromatic heterocycles. The lowest BCUT2D eigenvalue weighted by molar-refractivity contribution is 0.784. The van der Waals surface area contributed by atoms with E-state index in [-0.39, 0.29) is 5.28 Å². The van der Waals surface area contributed by atoms with Gasteiger partial charge in [-0.3, -0.25) is 0 Å². The highest BCUT2D eigenvalue weighted by Gasteiger charge is 2.08. The zero-order chi connectivity index (χ0) is 12.3. The van der Waals surface area contributed by atoms with Crippen molar-refractivity contribution in [3.05, 3.63) is 39.4 Å². The largest absolute Gasteiger partial charge is 0.367 e. The summed E-state index contributed by atoms with van der Waals surface area (Å²) in [7, 11) is 0. The molecule has 0 aliphatic rings. The Morgan fingerprint density at radius 1 is 1.53 bits per heavy atom. The maximum Gasteiger partial charge on any atom is 0.224 e. The van der Waals surface area contributed by atoms with Gasteiger partial charge in [0.25, 0.3) is 0 Å². The van der Waals surface area contributed by atoms with Crippen LogP contribution in [0.3, 0.4) is 0 Å². The minimum atomic E-state index is 0.279. The van der Waals surface area contributed by atoms with Crippen molar-refractivity contribution in [2.75, 3.05) is 5.32 Å². The van der Waals surface area contributed by atoms with E-state index in [2.05, 4.69) is 39.0 Å². The van der Waals surface area contributed by atoms with Crippen molar-refractivity contribution in [1.82, 2.24) is 9.97 Å². The number of thiophene rings is 1. The van der Waals surface area contributed by atoms with Crippen molar-refractivity contribution in [2.45, 2.75) is 26.3 Å². The Kier molecular flexibility index (Phi) is 3.97. The summed E-state index contributed by atoms with van der Waals surface area (Å²) < 4.78 is 0. The predicted molar refractivity (Wildman–Crippen MR) is 72.9 cm³/mol. The number of hydrogen-bond acceptors (Lipinski definition) is 4. The topological polar surface area (TPSA) is 37.8 Å². The highest BCUT2D eigenvalue weighted by molar-refractivity contribution is 7.07. The van der Waals surface area contributed by atoms with Crippen molar-refractivity contribution < 1.29 is 0 Å². The van der Waals surface area contributed by atoms with E-state index in [0.717, 1.165) is 17.8 Å². The molecule has 2 heterocycles. The summed E-state index contributed by atoms with van der Waals surface area (Å²) in [5.74, 6) is 0.813. The first-order valence-electron chi connectivity index (χ1n) is 5.42. The first kappa shape index (κ1) is 12.3. The van der Waals surface area contributed by atoms with Crippen LogP contribution in [0.25, 0.3) is 0 Å². The van der Waals surface area contributed by atoms with Crippen molar-refractivity contribution in [2.24, 2.45) is 0 Å². The van der Waals surface area contributed by atoms with Crippen LogP contribution in [0, 0.1) is 6.92 Å². The fourth-order valence-corrected chi connectivity index (χ4v) is 2.43. The summed E-state index contributed by atoms with van der Waals surface area (Å²) in [6, 6.07) is 2.46. The van der Waals surface area contributed by atoms with Gasteiger partial charge in [-0.1, -0.05) is 0 Å². The van der Waals surface area contributed by atoms with Crippen LogP contribution in [0.1, 0.15) is 18.1 Å². The Bertz CT molecular complexity index is 485. The Hall–Kier alpha value is -1.13. The molecule has 0 bridgehead atoms. The van der Waals surface area contributed by atoms with Crippen LogP contribution in [0.15, 0.2) is 23.0 Å². The first-order chi connectivity index (χ1) is 8.15. The smallest absolute Gasteiger partial charge is 0.224 e. The van der Waals surface area contributed by atoms with Gasteiger partial charge in [-0.2, -0.15) is 11.3 Å². The third kappa shape index (κ3) is 3.41. The first-order valence-corrected chi connectivity index (χ1v) is 6.74. The van der Waals surface area contributed by atoms with Gasteiger partial charge in [-0.25, -0.2) is 9.97 Å². The molecule has 0 aliphatic carbocycles. The molecule has 0 radical (unpaired) electrons. The molecular weight excluding hydrogens is 254 g/mol. The van der Waals surface area contributed by atoms with Gasteiger partial charge >= 0.3 is 0 Å². The molecule has 0 spiro atoms. The number of nitrogens with one attached hydrogen (secondary N) is 1. The monoisotopic (exact) mass is 267 g/mol. The van der Waals surface area contributed by atoms with Crippen LogP contribution < -0.4 is 5.32 Å². The fraction of sp³-hybridized carbons (Fsp3) is 0.333. The zero-order valence-corrected chi connectivity index (χ0v) is 11.3. The van der Waals surface area contributed by atoms with Crippen LogP contribution in [-0.2, 0) is 6.42 Å². The minimum absolute atomic E-state index is 0.279. The van der Waals surface area contributed by atoms with Gasteiger partial charge in [0.1, 0.15) is 5.82 Å². The van der Waals surface area contributed by atoms with Crippen LogP contribution in [0.5, 0.6) is 0 Å². The van der Waals surface area contributed by atoms with E-state index in [1.807, 2.05) is 6.92 Å². The molecule has 0 saturated heterocycles. The summed E-state index contributed by atoms with van der Waals surface area (Å²) in [5, 5.41) is 7.89. The third-order valence-corrected chi connectivity index (χ3v) is 3.36. The summed E-state index contributed by atoms with van der Waals surface area (Å²) in [6.45, 7) is 4.10. The molecule has 90 valence electrons. The number of hydrogen-bond donors (Lipinski definition) is 1. The summed E-state index contributed by atoms with van der Waals surface area (Å²) in [5.41, 5.74) is 2.35. The molecule has 0 amide bonds. The second-order valence-corrected chi connectivity index (χ2v) is 5.17. The van der Waals surface area contributed by atoms with Crippen molar-refractivity contribution in [3.8, 4) is 0 Å². The van der Waals surface area contributed by atoms with Crippen molar-refractivity contribution in [3.63, 3.8) is 0 Å². The van der Waals surface area contributed by atoms with Crippen LogP contribution >= 0.6 is 22.9 Å². The molecule has 2 aromatic rings. The maximum atomic E-state index is 5.78. The van der Waals surface area contributed by atoms with E-state index < -0.39 is 0 Å². The molecule has 1 N–H and O–H groups in total. The molecule has 0 fully saturated rings. The van der Waals surface area contributed by atoms with E-state index in [1.165, 1.54) is 5.56 Å². The molecule has 17 heavy (non-hydrogen) atoms. The zero-order valence-electron chi connectivity index (χ0n) is 9.77. The molecule has 1 unspecified atom stereocenters. The average molecular weight is 268 g/mol. The molecular formula is C12H14ClN3S. The van der Waals surface area contributed by atoms with Gasteiger partial charge in [-0.05, 0) is 54.3 Å². The number of aromatic nitrogens is 2. The van der Waals surface area contributed by atoms with Crippen molar-refractivity contribution in [1.29, 1.82) is 0 Å². The Morgan fingerprint density at radius 2 is 2.35 bits per heavy atom. The maximum absolute atomic E-state index is 5.78. The van der Waals surface area contributed by atoms with Crippen LogP contribution in [-0.4, -0.2) is 16.0 Å². The fourth-order valence-electron chi connectivity index (χ4n) is 1.61. The third-order valence-electron chi connectivity index (χ3n) is 2.45. The summed E-state index contributed by atoms with van der Waals surface area (Å²) in [6.07, 6.45) is 2.71. The van der Waals surface area contributed by atoms with E-state index >= 15 is 0 Å². The second-order valence-electron chi connectivity index (χ2n) is 4.05. The SMILES string of the molecule is Cc1cnc(Cl)nc1NC(C)Cc1ccsc1. The van der Waals surface area contributed by atoms with E-state index in [0.29, 0.717) is 6.04 Å². The van der Waals surface area contributed by atoms with Gasteiger partial charge < -0.3 is 5.32 Å². The molecule has 3 nitrogen and oxygen atoms in total. The highest BCUT2D eigenvalue weighted by Crippen LogP contribution is 2.16. The van der Waals surface area contributed by atoms with Crippen LogP contribution in [0.4, 0.5) is 5.82 Å². The molecule has 0 saturated carbocycles. The van der Waals surface area contributed by atoms with Gasteiger partial charge in [0.15, 0.2) is 0 Å².